The minimum Gasteiger partial charge on any atom is -0.469 e. The summed E-state index contributed by atoms with van der Waals surface area (Å²) in [5.74, 6) is 0.897. The molecule has 122 valence electrons. The number of hydrogen-bond donors (Lipinski definition) is 2. The number of nitrogens with zero attached hydrogens (tertiary/aromatic N) is 1. The van der Waals surface area contributed by atoms with Gasteiger partial charge in [0.05, 0.1) is 6.26 Å². The van der Waals surface area contributed by atoms with E-state index in [0.29, 0.717) is 6.54 Å². The number of carbonyl (C=O) groups is 3. The highest BCUT2D eigenvalue weighted by molar-refractivity contribution is 6.04. The first-order valence-electron chi connectivity index (χ1n) is 8.07. The van der Waals surface area contributed by atoms with Crippen LogP contribution in [-0.2, 0) is 9.59 Å². The van der Waals surface area contributed by atoms with E-state index in [0.717, 1.165) is 31.6 Å². The van der Waals surface area contributed by atoms with E-state index < -0.39 is 12.1 Å². The maximum atomic E-state index is 12.7. The van der Waals surface area contributed by atoms with Crippen molar-refractivity contribution in [2.75, 3.05) is 13.1 Å². The molecule has 2 N–H and O–H groups in total. The van der Waals surface area contributed by atoms with Crippen molar-refractivity contribution in [3.63, 3.8) is 0 Å². The molecule has 4 atom stereocenters. The third-order valence-electron chi connectivity index (χ3n) is 5.06. The molecule has 2 saturated heterocycles. The Kier molecular flexibility index (Phi) is 3.36. The summed E-state index contributed by atoms with van der Waals surface area (Å²) in [5.41, 5.74) is 0. The fraction of sp³-hybridized carbons (Fsp3) is 0.562. The lowest BCUT2D eigenvalue weighted by atomic mass is 9.90. The molecule has 0 radical (unpaired) electrons. The Morgan fingerprint density at radius 3 is 2.91 bits per heavy atom. The van der Waals surface area contributed by atoms with Crippen LogP contribution in [0.2, 0.25) is 0 Å². The molecule has 1 aromatic rings. The zero-order valence-electron chi connectivity index (χ0n) is 12.7. The molecular weight excluding hydrogens is 298 g/mol. The molecule has 3 fully saturated rings. The Bertz CT molecular complexity index is 642. The van der Waals surface area contributed by atoms with E-state index in [1.807, 2.05) is 17.0 Å². The molecule has 1 aromatic heterocycles. The van der Waals surface area contributed by atoms with Crippen molar-refractivity contribution in [2.24, 2.45) is 11.8 Å². The summed E-state index contributed by atoms with van der Waals surface area (Å²) in [5, 5.41) is 4.92. The molecule has 0 aromatic carbocycles. The second-order valence-corrected chi connectivity index (χ2v) is 6.59. The highest BCUT2D eigenvalue weighted by Crippen LogP contribution is 2.49. The number of carbonyl (C=O) groups excluding carboxylic acids is 3. The minimum atomic E-state index is -0.516. The Hall–Kier alpha value is -2.31. The molecule has 4 amide bonds. The predicted octanol–water partition coefficient (Wildman–Crippen LogP) is 0.830. The standard InChI is InChI=1S/C16H19N3O4/c20-14-13(17-16(22)18-14)9-3-1-5-19(8-9)15(21)11-7-10(11)12-4-2-6-23-12/h2,4,6,9-11,13H,1,3,5,7-8H2,(H2,17,18,20,22). The van der Waals surface area contributed by atoms with E-state index >= 15 is 0 Å². The quantitative estimate of drug-likeness (QED) is 0.808. The fourth-order valence-corrected chi connectivity index (χ4v) is 3.77. The van der Waals surface area contributed by atoms with Gasteiger partial charge in [-0.1, -0.05) is 0 Å². The van der Waals surface area contributed by atoms with Crippen LogP contribution in [0.1, 0.15) is 30.9 Å². The smallest absolute Gasteiger partial charge is 0.322 e. The van der Waals surface area contributed by atoms with Gasteiger partial charge in [-0.3, -0.25) is 14.9 Å². The van der Waals surface area contributed by atoms with Gasteiger partial charge >= 0.3 is 6.03 Å². The van der Waals surface area contributed by atoms with E-state index in [1.54, 1.807) is 6.26 Å². The molecule has 4 unspecified atom stereocenters. The van der Waals surface area contributed by atoms with Crippen LogP contribution in [0, 0.1) is 11.8 Å². The van der Waals surface area contributed by atoms with Gasteiger partial charge in [0.1, 0.15) is 11.8 Å². The maximum absolute atomic E-state index is 12.7. The normalized spacial score (nSPS) is 33.3. The maximum Gasteiger partial charge on any atom is 0.322 e. The average Bonchev–Trinajstić information content (AvgIpc) is 2.99. The summed E-state index contributed by atoms with van der Waals surface area (Å²) in [6, 6.07) is 2.80. The first-order valence-corrected chi connectivity index (χ1v) is 8.07. The lowest BCUT2D eigenvalue weighted by molar-refractivity contribution is -0.135. The van der Waals surface area contributed by atoms with Crippen molar-refractivity contribution < 1.29 is 18.8 Å². The molecule has 0 spiro atoms. The highest BCUT2D eigenvalue weighted by atomic mass is 16.3. The van der Waals surface area contributed by atoms with Gasteiger partial charge in [0, 0.05) is 30.8 Å². The lowest BCUT2D eigenvalue weighted by Gasteiger charge is -2.34. The third-order valence-corrected chi connectivity index (χ3v) is 5.06. The summed E-state index contributed by atoms with van der Waals surface area (Å²) in [7, 11) is 0. The predicted molar refractivity (Wildman–Crippen MR) is 79.3 cm³/mol. The summed E-state index contributed by atoms with van der Waals surface area (Å²) in [4.78, 5) is 37.6. The first kappa shape index (κ1) is 14.3. The van der Waals surface area contributed by atoms with Gasteiger partial charge in [-0.25, -0.2) is 4.79 Å². The number of amides is 4. The number of nitrogens with one attached hydrogen (secondary N) is 2. The van der Waals surface area contributed by atoms with Gasteiger partial charge in [0.15, 0.2) is 0 Å². The number of hydrogen-bond acceptors (Lipinski definition) is 4. The summed E-state index contributed by atoms with van der Waals surface area (Å²) in [6.07, 6.45) is 4.16. The Morgan fingerprint density at radius 2 is 2.22 bits per heavy atom. The first-order chi connectivity index (χ1) is 11.1. The third kappa shape index (κ3) is 2.60. The van der Waals surface area contributed by atoms with Crippen LogP contribution in [0.4, 0.5) is 4.79 Å². The zero-order chi connectivity index (χ0) is 16.0. The molecule has 7 nitrogen and oxygen atoms in total. The molecular formula is C16H19N3O4. The fourth-order valence-electron chi connectivity index (χ4n) is 3.77. The van der Waals surface area contributed by atoms with Crippen LogP contribution in [-0.4, -0.2) is 41.9 Å². The second kappa shape index (κ2) is 5.40. The van der Waals surface area contributed by atoms with Crippen molar-refractivity contribution in [3.05, 3.63) is 24.2 Å². The number of urea groups is 1. The van der Waals surface area contributed by atoms with Crippen LogP contribution in [0.25, 0.3) is 0 Å². The minimum absolute atomic E-state index is 0.00750. The van der Waals surface area contributed by atoms with Crippen LogP contribution >= 0.6 is 0 Å². The molecule has 1 saturated carbocycles. The van der Waals surface area contributed by atoms with Crippen LogP contribution in [0.3, 0.4) is 0 Å². The van der Waals surface area contributed by atoms with E-state index in [9.17, 15) is 14.4 Å². The number of rotatable bonds is 3. The van der Waals surface area contributed by atoms with Crippen molar-refractivity contribution in [1.82, 2.24) is 15.5 Å². The van der Waals surface area contributed by atoms with Gasteiger partial charge in [0.2, 0.25) is 5.91 Å². The van der Waals surface area contributed by atoms with Gasteiger partial charge < -0.3 is 14.6 Å². The molecule has 3 aliphatic rings. The molecule has 4 rings (SSSR count). The summed E-state index contributed by atoms with van der Waals surface area (Å²) >= 11 is 0. The lowest BCUT2D eigenvalue weighted by Crippen LogP contribution is -2.48. The monoisotopic (exact) mass is 317 g/mol. The largest absolute Gasteiger partial charge is 0.469 e. The number of likely N-dealkylation sites (tertiary alicyclic amines) is 1. The van der Waals surface area contributed by atoms with E-state index in [2.05, 4.69) is 10.6 Å². The van der Waals surface area contributed by atoms with Crippen molar-refractivity contribution in [2.45, 2.75) is 31.2 Å². The van der Waals surface area contributed by atoms with E-state index in [-0.39, 0.29) is 29.6 Å². The highest BCUT2D eigenvalue weighted by Gasteiger charge is 2.48. The van der Waals surface area contributed by atoms with Crippen molar-refractivity contribution >= 4 is 17.8 Å². The molecule has 1 aliphatic carbocycles. The number of imide groups is 1. The average molecular weight is 317 g/mol. The molecule has 23 heavy (non-hydrogen) atoms. The summed E-state index contributed by atoms with van der Waals surface area (Å²) < 4.78 is 5.38. The zero-order valence-corrected chi connectivity index (χ0v) is 12.7. The number of furan rings is 1. The topological polar surface area (TPSA) is 91.7 Å². The van der Waals surface area contributed by atoms with Crippen molar-refractivity contribution in [1.29, 1.82) is 0 Å². The van der Waals surface area contributed by atoms with E-state index in [1.165, 1.54) is 0 Å². The van der Waals surface area contributed by atoms with Gasteiger partial charge in [-0.2, -0.15) is 0 Å². The molecule has 3 heterocycles. The van der Waals surface area contributed by atoms with Crippen LogP contribution < -0.4 is 10.6 Å². The Balaban J connectivity index is 1.39. The van der Waals surface area contributed by atoms with Gasteiger partial charge in [-0.15, -0.1) is 0 Å². The van der Waals surface area contributed by atoms with Crippen LogP contribution in [0.15, 0.2) is 22.8 Å². The Morgan fingerprint density at radius 1 is 1.35 bits per heavy atom. The Labute approximate surface area is 133 Å². The van der Waals surface area contributed by atoms with E-state index in [4.69, 9.17) is 4.42 Å². The summed E-state index contributed by atoms with van der Waals surface area (Å²) in [6.45, 7) is 1.25. The number of piperidine rings is 1. The molecule has 0 bridgehead atoms. The molecule has 7 heteroatoms. The van der Waals surface area contributed by atoms with Crippen molar-refractivity contribution in [3.8, 4) is 0 Å². The van der Waals surface area contributed by atoms with Gasteiger partial charge in [-0.05, 0) is 31.4 Å². The van der Waals surface area contributed by atoms with Gasteiger partial charge in [0.25, 0.3) is 5.91 Å². The SMILES string of the molecule is O=C1NC(=O)C(C2CCCN(C(=O)C3CC3c3ccco3)C2)N1. The second-order valence-electron chi connectivity index (χ2n) is 6.59. The van der Waals surface area contributed by atoms with Crippen LogP contribution in [0.5, 0.6) is 0 Å². The molecule has 2 aliphatic heterocycles.